The Balaban J connectivity index is 1.26. The Kier molecular flexibility index (Phi) is 9.90. The van der Waals surface area contributed by atoms with Gasteiger partial charge >= 0.3 is 12.4 Å². The van der Waals surface area contributed by atoms with Crippen molar-refractivity contribution in [2.75, 3.05) is 0 Å². The minimum absolute atomic E-state index is 0.172. The van der Waals surface area contributed by atoms with Gasteiger partial charge in [-0.3, -0.25) is 0 Å². The molecule has 0 saturated heterocycles. The van der Waals surface area contributed by atoms with Gasteiger partial charge in [-0.05, 0) is 126 Å². The fourth-order valence-corrected chi connectivity index (χ4v) is 10.1. The van der Waals surface area contributed by atoms with Crippen molar-refractivity contribution in [3.8, 4) is 62.0 Å². The molecule has 330 valence electrons. The third-order valence-electron chi connectivity index (χ3n) is 13.1. The normalized spacial score (nSPS) is 12.1. The van der Waals surface area contributed by atoms with Crippen LogP contribution in [0.5, 0.6) is 0 Å². The Bertz CT molecular complexity index is 3850. The number of benzene rings is 9. The molecule has 68 heavy (non-hydrogen) atoms. The second-order valence-electron chi connectivity index (χ2n) is 17.1. The van der Waals surface area contributed by atoms with Crippen LogP contribution < -0.4 is 0 Å². The summed E-state index contributed by atoms with van der Waals surface area (Å²) in [6.45, 7) is 4.10. The maximum absolute atomic E-state index is 15.0. The molecule has 3 nitrogen and oxygen atoms in total. The number of hydrogen-bond donors (Lipinski definition) is 0. The number of hydrogen-bond acceptors (Lipinski definition) is 1. The van der Waals surface area contributed by atoms with Crippen LogP contribution in [0.3, 0.4) is 0 Å². The van der Waals surface area contributed by atoms with E-state index in [2.05, 4.69) is 43.3 Å². The number of halogens is 6. The molecule has 0 bridgehead atoms. The van der Waals surface area contributed by atoms with Crippen LogP contribution in [0.25, 0.3) is 99.5 Å². The minimum Gasteiger partial charge on any atom is -0.309 e. The zero-order valence-electron chi connectivity index (χ0n) is 36.5. The van der Waals surface area contributed by atoms with Gasteiger partial charge in [0.05, 0.1) is 56.2 Å². The maximum Gasteiger partial charge on any atom is 0.417 e. The van der Waals surface area contributed by atoms with Crippen LogP contribution in [0.1, 0.15) is 27.8 Å². The molecule has 9 aromatic carbocycles. The Hall–Kier alpha value is -8.35. The van der Waals surface area contributed by atoms with Crippen molar-refractivity contribution in [2.45, 2.75) is 26.2 Å². The number of rotatable bonds is 6. The molecule has 0 unspecified atom stereocenters. The van der Waals surface area contributed by atoms with E-state index < -0.39 is 29.0 Å². The largest absolute Gasteiger partial charge is 0.417 e. The summed E-state index contributed by atoms with van der Waals surface area (Å²) in [5, 5.41) is 14.7. The highest BCUT2D eigenvalue weighted by Gasteiger charge is 2.41. The van der Waals surface area contributed by atoms with Gasteiger partial charge in [0, 0.05) is 38.2 Å². The predicted molar refractivity (Wildman–Crippen MR) is 261 cm³/mol. The third-order valence-corrected chi connectivity index (χ3v) is 13.1. The van der Waals surface area contributed by atoms with Gasteiger partial charge in [-0.2, -0.15) is 31.6 Å². The van der Waals surface area contributed by atoms with Gasteiger partial charge in [-0.15, -0.1) is 0 Å². The Morgan fingerprint density at radius 3 is 1.35 bits per heavy atom. The Morgan fingerprint density at radius 2 is 0.838 bits per heavy atom. The first-order valence-corrected chi connectivity index (χ1v) is 22.0. The van der Waals surface area contributed by atoms with Crippen molar-refractivity contribution in [1.29, 1.82) is 5.26 Å². The van der Waals surface area contributed by atoms with Crippen LogP contribution in [0.15, 0.2) is 188 Å². The fraction of sp³-hybridized carbons (Fsp3) is 0.0678. The van der Waals surface area contributed by atoms with Gasteiger partial charge < -0.3 is 9.13 Å². The van der Waals surface area contributed by atoms with Crippen molar-refractivity contribution in [1.82, 2.24) is 9.13 Å². The molecule has 0 fully saturated rings. The third kappa shape index (κ3) is 6.82. The predicted octanol–water partition coefficient (Wildman–Crippen LogP) is 17.1. The summed E-state index contributed by atoms with van der Waals surface area (Å²) < 4.78 is 93.8. The lowest BCUT2D eigenvalue weighted by Crippen LogP contribution is -2.14. The summed E-state index contributed by atoms with van der Waals surface area (Å²) >= 11 is 0. The molecule has 0 radical (unpaired) electrons. The molecule has 0 saturated carbocycles. The first-order valence-electron chi connectivity index (χ1n) is 22.0. The SMILES string of the molecule is Cc1ccccc1-c1ccc2c(c1)c1ccccc1n2-c1ccc(-c2c(C(F)(F)F)cccc2C(F)(F)F)cc1-c1c(C#N)cccc1-n1c2ccccc2c2cc(-c3ccccc3C)ccc21. The van der Waals surface area contributed by atoms with E-state index in [0.29, 0.717) is 29.1 Å². The Morgan fingerprint density at radius 1 is 0.382 bits per heavy atom. The highest BCUT2D eigenvalue weighted by atomic mass is 19.4. The van der Waals surface area contributed by atoms with Crippen molar-refractivity contribution in [3.05, 3.63) is 216 Å². The van der Waals surface area contributed by atoms with Crippen LogP contribution in [-0.2, 0) is 12.4 Å². The van der Waals surface area contributed by atoms with E-state index in [-0.39, 0.29) is 16.7 Å². The van der Waals surface area contributed by atoms with E-state index in [4.69, 9.17) is 0 Å². The molecule has 0 N–H and O–H groups in total. The zero-order chi connectivity index (χ0) is 47.1. The molecule has 9 heteroatoms. The lowest BCUT2D eigenvalue weighted by Gasteiger charge is -2.23. The summed E-state index contributed by atoms with van der Waals surface area (Å²) in [6, 6.07) is 58.1. The fourth-order valence-electron chi connectivity index (χ4n) is 10.1. The quantitative estimate of drug-likeness (QED) is 0.153. The molecule has 0 aliphatic rings. The summed E-state index contributed by atoms with van der Waals surface area (Å²) in [5.74, 6) is 0. The summed E-state index contributed by atoms with van der Waals surface area (Å²) in [7, 11) is 0. The van der Waals surface area contributed by atoms with Gasteiger partial charge in [-0.1, -0.05) is 115 Å². The number of aromatic nitrogens is 2. The molecule has 11 rings (SSSR count). The highest BCUT2D eigenvalue weighted by molar-refractivity contribution is 6.13. The molecule has 0 amide bonds. The molecule has 0 spiro atoms. The maximum atomic E-state index is 15.0. The van der Waals surface area contributed by atoms with Crippen molar-refractivity contribution >= 4 is 43.6 Å². The number of nitriles is 1. The van der Waals surface area contributed by atoms with Crippen molar-refractivity contribution in [2.24, 2.45) is 0 Å². The van der Waals surface area contributed by atoms with E-state index in [1.54, 1.807) is 18.2 Å². The van der Waals surface area contributed by atoms with E-state index in [1.807, 2.05) is 125 Å². The topological polar surface area (TPSA) is 33.6 Å². The zero-order valence-corrected chi connectivity index (χ0v) is 36.5. The van der Waals surface area contributed by atoms with Crippen molar-refractivity contribution < 1.29 is 26.3 Å². The van der Waals surface area contributed by atoms with Crippen LogP contribution in [0, 0.1) is 25.2 Å². The molecule has 2 aromatic heterocycles. The van der Waals surface area contributed by atoms with Gasteiger partial charge in [0.2, 0.25) is 0 Å². The molecule has 0 aliphatic heterocycles. The number of fused-ring (bicyclic) bond motifs is 6. The van der Waals surface area contributed by atoms with E-state index in [9.17, 15) is 31.6 Å². The molecule has 2 heterocycles. The lowest BCUT2D eigenvalue weighted by atomic mass is 9.89. The van der Waals surface area contributed by atoms with Crippen molar-refractivity contribution in [3.63, 3.8) is 0 Å². The van der Waals surface area contributed by atoms with Crippen LogP contribution in [0.4, 0.5) is 26.3 Å². The van der Waals surface area contributed by atoms with Crippen LogP contribution in [-0.4, -0.2) is 9.13 Å². The number of nitrogens with zero attached hydrogens (tertiary/aromatic N) is 3. The first kappa shape index (κ1) is 42.3. The number of para-hydroxylation sites is 2. The average Bonchev–Trinajstić information content (AvgIpc) is 3.85. The van der Waals surface area contributed by atoms with Gasteiger partial charge in [-0.25, -0.2) is 0 Å². The van der Waals surface area contributed by atoms with E-state index >= 15 is 0 Å². The van der Waals surface area contributed by atoms with Gasteiger partial charge in [0.15, 0.2) is 0 Å². The monoisotopic (exact) mass is 901 g/mol. The number of alkyl halides is 6. The summed E-state index contributed by atoms with van der Waals surface area (Å²) in [5.41, 5.74) is 6.93. The smallest absolute Gasteiger partial charge is 0.309 e. The van der Waals surface area contributed by atoms with Gasteiger partial charge in [0.25, 0.3) is 0 Å². The molecule has 11 aromatic rings. The molecular weight excluding hydrogens is 865 g/mol. The number of aryl methyl sites for hydroxylation is 2. The van der Waals surface area contributed by atoms with Crippen LogP contribution in [0.2, 0.25) is 0 Å². The van der Waals surface area contributed by atoms with E-state index in [0.717, 1.165) is 83.1 Å². The molecular formula is C59H37F6N3. The van der Waals surface area contributed by atoms with E-state index in [1.165, 1.54) is 12.1 Å². The molecule has 0 atom stereocenters. The summed E-state index contributed by atoms with van der Waals surface area (Å²) in [4.78, 5) is 0. The van der Waals surface area contributed by atoms with Crippen LogP contribution >= 0.6 is 0 Å². The Labute approximate surface area is 387 Å². The summed E-state index contributed by atoms with van der Waals surface area (Å²) in [6.07, 6.45) is -10.3. The second-order valence-corrected chi connectivity index (χ2v) is 17.1. The standard InChI is InChI=1S/C59H37F6N3/c1-35-13-3-5-16-41(35)37-25-28-52-45(31-37)43-18-7-9-22-50(43)67(52)54-30-27-39(57-48(58(60,61)62)20-12-21-49(57)59(63,64)65)33-47(54)56-40(34-66)15-11-24-55(56)68-51-23-10-8-19-44(51)46-32-38(26-29-53(46)68)42-17-6-4-14-36(42)2/h3-33H,1-2H3. The average molecular weight is 902 g/mol. The lowest BCUT2D eigenvalue weighted by molar-refractivity contribution is -0.142. The minimum atomic E-state index is -5.13. The molecule has 0 aliphatic carbocycles. The highest BCUT2D eigenvalue weighted by Crippen LogP contribution is 2.49. The second kappa shape index (κ2) is 15.9. The first-order chi connectivity index (χ1) is 32.8. The van der Waals surface area contributed by atoms with Gasteiger partial charge in [0.1, 0.15) is 0 Å².